The predicted octanol–water partition coefficient (Wildman–Crippen LogP) is 3.38. The molecule has 0 saturated heterocycles. The van der Waals surface area contributed by atoms with Gasteiger partial charge in [-0.1, -0.05) is 31.8 Å². The maximum Gasteiger partial charge on any atom is 2.00 e. The van der Waals surface area contributed by atoms with Gasteiger partial charge in [-0.2, -0.15) is 0 Å². The maximum atomic E-state index is 3.85. The molecule has 1 heteroatoms. The summed E-state index contributed by atoms with van der Waals surface area (Å²) in [5.41, 5.74) is 1.33. The molecule has 0 bridgehead atoms. The van der Waals surface area contributed by atoms with Gasteiger partial charge in [0.25, 0.3) is 0 Å². The number of hydrogen-bond acceptors (Lipinski definition) is 0. The second-order valence-corrected chi connectivity index (χ2v) is 2.77. The van der Waals surface area contributed by atoms with Crippen LogP contribution in [0.25, 0.3) is 0 Å². The van der Waals surface area contributed by atoms with Gasteiger partial charge in [-0.15, -0.1) is 6.58 Å². The predicted molar refractivity (Wildman–Crippen MR) is 51.6 cm³/mol. The summed E-state index contributed by atoms with van der Waals surface area (Å²) in [7, 11) is 0. The molecule has 0 aromatic carbocycles. The molecule has 0 N–H and O–H groups in total. The van der Waals surface area contributed by atoms with Crippen LogP contribution >= 0.6 is 0 Å². The van der Waals surface area contributed by atoms with Crippen molar-refractivity contribution in [2.75, 3.05) is 0 Å². The first kappa shape index (κ1) is 13.1. The minimum absolute atomic E-state index is 0. The summed E-state index contributed by atoms with van der Waals surface area (Å²) in [5, 5.41) is 0. The molecule has 58 valence electrons. The van der Waals surface area contributed by atoms with E-state index < -0.39 is 0 Å². The fourth-order valence-corrected chi connectivity index (χ4v) is 0.854. The van der Waals surface area contributed by atoms with Crippen molar-refractivity contribution in [3.8, 4) is 0 Å². The molecular weight excluding hydrogens is 132 g/mol. The van der Waals surface area contributed by atoms with Gasteiger partial charge in [0.2, 0.25) is 0 Å². The molecule has 0 aromatic rings. The number of allylic oxidation sites excluding steroid dienone is 1. The third-order valence-electron chi connectivity index (χ3n) is 1.46. The summed E-state index contributed by atoms with van der Waals surface area (Å²) in [6.07, 6.45) is 6.65. The molecule has 0 unspecified atom stereocenters. The molecule has 0 aliphatic heterocycles. The number of hydrogen-bond donors (Lipinski definition) is 0. The zero-order valence-corrected chi connectivity index (χ0v) is 8.86. The Kier molecular flexibility index (Phi) is 12.5. The average molecular weight is 153 g/mol. The summed E-state index contributed by atoms with van der Waals surface area (Å²) in [6.45, 7) is 8.19. The smallest absolute Gasteiger partial charge is 1.00 e. The van der Waals surface area contributed by atoms with Crippen molar-refractivity contribution >= 4 is 23.1 Å². The van der Waals surface area contributed by atoms with Crippen LogP contribution in [-0.2, 0) is 0 Å². The topological polar surface area (TPSA) is 0 Å². The van der Waals surface area contributed by atoms with Crippen LogP contribution in [0.15, 0.2) is 12.2 Å². The van der Waals surface area contributed by atoms with Gasteiger partial charge in [0, 0.05) is 0 Å². The summed E-state index contributed by atoms with van der Waals surface area (Å²) < 4.78 is 0. The van der Waals surface area contributed by atoms with Gasteiger partial charge in [0.15, 0.2) is 0 Å². The van der Waals surface area contributed by atoms with Crippen LogP contribution in [0, 0.1) is 0 Å². The van der Waals surface area contributed by atoms with Gasteiger partial charge in [-0.25, -0.2) is 0 Å². The monoisotopic (exact) mass is 152 g/mol. The van der Waals surface area contributed by atoms with Crippen LogP contribution in [0.1, 0.15) is 48.8 Å². The van der Waals surface area contributed by atoms with Gasteiger partial charge < -0.3 is 2.85 Å². The molecule has 0 heterocycles. The van der Waals surface area contributed by atoms with Crippen molar-refractivity contribution in [3.05, 3.63) is 12.2 Å². The Balaban J connectivity index is -0.000000107. The van der Waals surface area contributed by atoms with E-state index >= 15 is 0 Å². The van der Waals surface area contributed by atoms with E-state index in [1.807, 2.05) is 0 Å². The fraction of sp³-hybridized carbons (Fsp3) is 0.778. The first-order chi connectivity index (χ1) is 4.27. The summed E-state index contributed by atoms with van der Waals surface area (Å²) in [4.78, 5) is 0. The average Bonchev–Trinajstić information content (AvgIpc) is 1.80. The Hall–Kier alpha value is 0.506. The van der Waals surface area contributed by atoms with E-state index in [9.17, 15) is 0 Å². The minimum atomic E-state index is 0. The van der Waals surface area contributed by atoms with Crippen LogP contribution in [0.4, 0.5) is 0 Å². The third kappa shape index (κ3) is 11.3. The zero-order chi connectivity index (χ0) is 7.11. The van der Waals surface area contributed by atoms with Gasteiger partial charge in [0.05, 0.1) is 0 Å². The normalized spacial score (nSPS) is 8.60. The molecule has 0 atom stereocenters. The van der Waals surface area contributed by atoms with Gasteiger partial charge in [-0.3, -0.25) is 0 Å². The first-order valence-corrected chi connectivity index (χ1v) is 3.91. The van der Waals surface area contributed by atoms with E-state index in [1.54, 1.807) is 0 Å². The Morgan fingerprint density at radius 3 is 2.30 bits per heavy atom. The molecule has 10 heavy (non-hydrogen) atoms. The molecular formula is C9H20Mg. The molecule has 0 spiro atoms. The van der Waals surface area contributed by atoms with E-state index in [2.05, 4.69) is 20.4 Å². The fourth-order valence-electron chi connectivity index (χ4n) is 0.854. The van der Waals surface area contributed by atoms with Crippen LogP contribution < -0.4 is 0 Å². The van der Waals surface area contributed by atoms with Gasteiger partial charge in [-0.05, 0) is 19.8 Å². The van der Waals surface area contributed by atoms with Crippen LogP contribution in [0.5, 0.6) is 0 Å². The molecule has 0 aliphatic carbocycles. The van der Waals surface area contributed by atoms with Crippen LogP contribution in [0.3, 0.4) is 0 Å². The van der Waals surface area contributed by atoms with Crippen molar-refractivity contribution < 1.29 is 2.85 Å². The molecule has 0 aromatic heterocycles. The maximum absolute atomic E-state index is 3.85. The number of unbranched alkanes of at least 4 members (excludes halogenated alkanes) is 3. The van der Waals surface area contributed by atoms with E-state index in [1.165, 1.54) is 37.7 Å². The minimum Gasteiger partial charge on any atom is -1.00 e. The van der Waals surface area contributed by atoms with Crippen LogP contribution in [-0.4, -0.2) is 23.1 Å². The molecule has 0 amide bonds. The van der Waals surface area contributed by atoms with Crippen molar-refractivity contribution in [2.24, 2.45) is 0 Å². The summed E-state index contributed by atoms with van der Waals surface area (Å²) in [6, 6.07) is 0. The molecule has 0 fully saturated rings. The Labute approximate surface area is 84.2 Å². The number of rotatable bonds is 5. The largest absolute Gasteiger partial charge is 2.00 e. The summed E-state index contributed by atoms with van der Waals surface area (Å²) in [5.74, 6) is 0. The Morgan fingerprint density at radius 2 is 1.90 bits per heavy atom. The van der Waals surface area contributed by atoms with E-state index in [4.69, 9.17) is 0 Å². The Bertz CT molecular complexity index is 84.6. The molecule has 0 aliphatic rings. The first-order valence-electron chi connectivity index (χ1n) is 3.91. The zero-order valence-electron chi connectivity index (χ0n) is 9.45. The van der Waals surface area contributed by atoms with E-state index in [0.717, 1.165) is 0 Å². The van der Waals surface area contributed by atoms with Gasteiger partial charge in [0.1, 0.15) is 0 Å². The van der Waals surface area contributed by atoms with Crippen molar-refractivity contribution in [2.45, 2.75) is 46.0 Å². The molecule has 0 rings (SSSR count). The van der Waals surface area contributed by atoms with Gasteiger partial charge >= 0.3 is 23.1 Å². The Morgan fingerprint density at radius 1 is 1.30 bits per heavy atom. The molecule has 0 nitrogen and oxygen atoms in total. The van der Waals surface area contributed by atoms with Crippen molar-refractivity contribution in [3.63, 3.8) is 0 Å². The molecule has 0 radical (unpaired) electrons. The third-order valence-corrected chi connectivity index (χ3v) is 1.46. The van der Waals surface area contributed by atoms with Crippen molar-refractivity contribution in [1.29, 1.82) is 0 Å². The van der Waals surface area contributed by atoms with E-state index in [0.29, 0.717) is 0 Å². The molecule has 0 saturated carbocycles. The second-order valence-electron chi connectivity index (χ2n) is 2.77. The van der Waals surface area contributed by atoms with E-state index in [-0.39, 0.29) is 25.9 Å². The second kappa shape index (κ2) is 9.51. The quantitative estimate of drug-likeness (QED) is 0.322. The SMILES string of the molecule is C=C(C)CCCCCC.[H-].[H-].[Mg+2]. The standard InChI is InChI=1S/C9H18.Mg.2H/c1-4-5-6-7-8-9(2)3;;;/h2,4-8H2,1,3H3;;;/q;+2;2*-1. The van der Waals surface area contributed by atoms with Crippen LogP contribution in [0.2, 0.25) is 0 Å². The van der Waals surface area contributed by atoms with Crippen molar-refractivity contribution in [1.82, 2.24) is 0 Å². The summed E-state index contributed by atoms with van der Waals surface area (Å²) >= 11 is 0.